The highest BCUT2D eigenvalue weighted by Gasteiger charge is 2.34. The molecular weight excluding hydrogens is 352 g/mol. The Hall–Kier alpha value is 0.820. The van der Waals surface area contributed by atoms with E-state index in [-0.39, 0.29) is 38.1 Å². The van der Waals surface area contributed by atoms with Crippen molar-refractivity contribution in [2.45, 2.75) is 126 Å². The van der Waals surface area contributed by atoms with Crippen LogP contribution in [-0.2, 0) is 0 Å². The Morgan fingerprint density at radius 2 is 0.654 bits per heavy atom. The van der Waals surface area contributed by atoms with E-state index in [0.29, 0.717) is 20.6 Å². The van der Waals surface area contributed by atoms with Gasteiger partial charge < -0.3 is 5.32 Å². The van der Waals surface area contributed by atoms with Crippen LogP contribution in [-0.4, -0.2) is 46.0 Å². The lowest BCUT2D eigenvalue weighted by atomic mass is 10.2. The molecule has 0 bridgehead atoms. The molecule has 0 aromatic rings. The fourth-order valence-electron chi connectivity index (χ4n) is 3.86. The minimum atomic E-state index is 0. The van der Waals surface area contributed by atoms with E-state index in [1.165, 1.54) is 25.4 Å². The Balaban J connectivity index is -0.000000807. The van der Waals surface area contributed by atoms with Crippen molar-refractivity contribution in [3.05, 3.63) is 0 Å². The third-order valence-electron chi connectivity index (χ3n) is 4.26. The highest BCUT2D eigenvalue weighted by atomic mass is 31.1. The minimum Gasteiger partial charge on any atom is -0.316 e. The lowest BCUT2D eigenvalue weighted by molar-refractivity contribution is 0.679. The van der Waals surface area contributed by atoms with Crippen molar-refractivity contribution in [2.24, 2.45) is 0 Å². The molecule has 0 radical (unpaired) electrons. The van der Waals surface area contributed by atoms with Crippen molar-refractivity contribution >= 4 is 15.8 Å². The van der Waals surface area contributed by atoms with Crippen LogP contribution in [0.1, 0.15) is 105 Å². The molecule has 0 unspecified atom stereocenters. The van der Waals surface area contributed by atoms with Crippen LogP contribution in [0.15, 0.2) is 0 Å². The molecule has 0 aromatic heterocycles. The standard InChI is InChI=1S/C20H45NP2.3CH4/c1-17(2,3)22(18(4,5)6)15-13-21-14-16-23(19(7,8)9)20(10,11)12;;;/h21H,13-16H2,1-12H3;3*1H4. The zero-order valence-electron chi connectivity index (χ0n) is 18.2. The lowest BCUT2D eigenvalue weighted by Crippen LogP contribution is -2.33. The highest BCUT2D eigenvalue weighted by Crippen LogP contribution is 2.59. The van der Waals surface area contributed by atoms with E-state index < -0.39 is 0 Å². The van der Waals surface area contributed by atoms with Gasteiger partial charge in [0.15, 0.2) is 0 Å². The number of nitrogens with one attached hydrogen (secondary N) is 1. The van der Waals surface area contributed by atoms with Crippen LogP contribution in [0, 0.1) is 0 Å². The summed E-state index contributed by atoms with van der Waals surface area (Å²) in [5.74, 6) is 0. The van der Waals surface area contributed by atoms with E-state index in [9.17, 15) is 0 Å². The van der Waals surface area contributed by atoms with Gasteiger partial charge in [-0.15, -0.1) is 0 Å². The largest absolute Gasteiger partial charge is 0.316 e. The van der Waals surface area contributed by atoms with Crippen LogP contribution in [0.3, 0.4) is 0 Å². The quantitative estimate of drug-likeness (QED) is 0.342. The number of hydrogen-bond donors (Lipinski definition) is 1. The summed E-state index contributed by atoms with van der Waals surface area (Å²) in [6.45, 7) is 31.4. The Labute approximate surface area is 172 Å². The second kappa shape index (κ2) is 12.4. The topological polar surface area (TPSA) is 12.0 Å². The van der Waals surface area contributed by atoms with Gasteiger partial charge in [0.05, 0.1) is 0 Å². The lowest BCUT2D eigenvalue weighted by Gasteiger charge is -2.42. The second-order valence-electron chi connectivity index (χ2n) is 10.7. The van der Waals surface area contributed by atoms with Crippen LogP contribution in [0.4, 0.5) is 0 Å². The smallest absolute Gasteiger partial charge is 0.000898 e. The van der Waals surface area contributed by atoms with Gasteiger partial charge in [-0.25, -0.2) is 0 Å². The van der Waals surface area contributed by atoms with Gasteiger partial charge in [-0.3, -0.25) is 0 Å². The molecule has 0 spiro atoms. The first-order chi connectivity index (χ1) is 9.97. The molecule has 0 amide bonds. The van der Waals surface area contributed by atoms with Gasteiger partial charge in [0.1, 0.15) is 0 Å². The van der Waals surface area contributed by atoms with Crippen molar-refractivity contribution in [1.82, 2.24) is 5.32 Å². The monoisotopic (exact) mass is 409 g/mol. The van der Waals surface area contributed by atoms with Gasteiger partial charge in [0.2, 0.25) is 0 Å². The van der Waals surface area contributed by atoms with Crippen molar-refractivity contribution in [3.63, 3.8) is 0 Å². The molecule has 0 rings (SSSR count). The molecule has 164 valence electrons. The molecule has 26 heavy (non-hydrogen) atoms. The molecule has 0 saturated heterocycles. The summed E-state index contributed by atoms with van der Waals surface area (Å²) in [5, 5.41) is 5.54. The van der Waals surface area contributed by atoms with Crippen LogP contribution in [0.25, 0.3) is 0 Å². The number of rotatable bonds is 6. The average molecular weight is 410 g/mol. The first-order valence-corrected chi connectivity index (χ1v) is 12.3. The molecular formula is C23H57NP2. The molecule has 0 aliphatic carbocycles. The van der Waals surface area contributed by atoms with E-state index in [4.69, 9.17) is 0 Å². The average Bonchev–Trinajstić information content (AvgIpc) is 2.19. The fourth-order valence-corrected chi connectivity index (χ4v) is 11.3. The third kappa shape index (κ3) is 13.1. The maximum Gasteiger partial charge on any atom is -0.000898 e. The highest BCUT2D eigenvalue weighted by molar-refractivity contribution is 7.61. The van der Waals surface area contributed by atoms with Crippen LogP contribution >= 0.6 is 15.8 Å². The van der Waals surface area contributed by atoms with Gasteiger partial charge >= 0.3 is 0 Å². The Bertz CT molecular complexity index is 275. The van der Waals surface area contributed by atoms with Gasteiger partial charge in [-0.2, -0.15) is 0 Å². The van der Waals surface area contributed by atoms with Crippen LogP contribution in [0.2, 0.25) is 0 Å². The summed E-state index contributed by atoms with van der Waals surface area (Å²) in [5.41, 5.74) is 0. The molecule has 1 N–H and O–H groups in total. The first kappa shape index (κ1) is 34.3. The summed E-state index contributed by atoms with van der Waals surface area (Å²) in [6, 6.07) is 0. The second-order valence-corrected chi connectivity index (χ2v) is 18.7. The van der Waals surface area contributed by atoms with Crippen LogP contribution in [0.5, 0.6) is 0 Å². The molecule has 0 heterocycles. The Morgan fingerprint density at radius 3 is 0.808 bits per heavy atom. The molecule has 0 atom stereocenters. The Kier molecular flexibility index (Phi) is 16.4. The van der Waals surface area contributed by atoms with Gasteiger partial charge in [0, 0.05) is 0 Å². The predicted molar refractivity (Wildman–Crippen MR) is 136 cm³/mol. The minimum absolute atomic E-state index is 0. The summed E-state index contributed by atoms with van der Waals surface area (Å²) in [6.07, 6.45) is 2.68. The SMILES string of the molecule is C.C.C.CC(C)(C)P(CCNCCP(C(C)(C)C)C(C)(C)C)C(C)(C)C. The van der Waals surface area contributed by atoms with Gasteiger partial charge in [-0.05, 0) is 46.0 Å². The van der Waals surface area contributed by atoms with E-state index in [0.717, 1.165) is 0 Å². The van der Waals surface area contributed by atoms with Gasteiger partial charge in [-0.1, -0.05) is 121 Å². The van der Waals surface area contributed by atoms with E-state index >= 15 is 0 Å². The summed E-state index contributed by atoms with van der Waals surface area (Å²) >= 11 is 0. The normalized spacial score (nSPS) is 13.2. The summed E-state index contributed by atoms with van der Waals surface area (Å²) in [4.78, 5) is 0. The van der Waals surface area contributed by atoms with Crippen LogP contribution < -0.4 is 5.32 Å². The molecule has 3 heteroatoms. The molecule has 0 saturated carbocycles. The maximum atomic E-state index is 3.77. The van der Waals surface area contributed by atoms with E-state index in [2.05, 4.69) is 88.4 Å². The third-order valence-corrected chi connectivity index (χ3v) is 12.1. The number of hydrogen-bond acceptors (Lipinski definition) is 1. The summed E-state index contributed by atoms with van der Waals surface area (Å²) in [7, 11) is 0.0459. The maximum absolute atomic E-state index is 3.77. The first-order valence-electron chi connectivity index (χ1n) is 9.23. The van der Waals surface area contributed by atoms with Gasteiger partial charge in [0.25, 0.3) is 0 Å². The molecule has 0 aliphatic heterocycles. The molecule has 0 fully saturated rings. The van der Waals surface area contributed by atoms with E-state index in [1.807, 2.05) is 0 Å². The van der Waals surface area contributed by atoms with Crippen molar-refractivity contribution in [3.8, 4) is 0 Å². The fraction of sp³-hybridized carbons (Fsp3) is 1.00. The molecule has 1 nitrogen and oxygen atoms in total. The Morgan fingerprint density at radius 1 is 0.462 bits per heavy atom. The van der Waals surface area contributed by atoms with Crippen molar-refractivity contribution < 1.29 is 0 Å². The van der Waals surface area contributed by atoms with Crippen molar-refractivity contribution in [1.29, 1.82) is 0 Å². The van der Waals surface area contributed by atoms with Crippen molar-refractivity contribution in [2.75, 3.05) is 25.4 Å². The molecule has 0 aliphatic rings. The molecule has 0 aromatic carbocycles. The van der Waals surface area contributed by atoms with E-state index in [1.54, 1.807) is 0 Å². The zero-order valence-corrected chi connectivity index (χ0v) is 20.0. The zero-order chi connectivity index (χ0) is 18.7. The predicted octanol–water partition coefficient (Wildman–Crippen LogP) is 8.64. The summed E-state index contributed by atoms with van der Waals surface area (Å²) < 4.78 is 0.